The highest BCUT2D eigenvalue weighted by molar-refractivity contribution is 5.94. The SMILES string of the molecule is CCNc1cc(C(=O)N(C)CCC(C)O)cc(C(C)C)n1. The van der Waals surface area contributed by atoms with Crippen LogP contribution in [0.25, 0.3) is 0 Å². The van der Waals surface area contributed by atoms with E-state index in [4.69, 9.17) is 0 Å². The molecule has 0 saturated heterocycles. The van der Waals surface area contributed by atoms with E-state index in [0.717, 1.165) is 18.1 Å². The van der Waals surface area contributed by atoms with E-state index in [0.29, 0.717) is 18.5 Å². The summed E-state index contributed by atoms with van der Waals surface area (Å²) in [5, 5.41) is 12.5. The van der Waals surface area contributed by atoms with E-state index in [2.05, 4.69) is 24.1 Å². The molecule has 1 aromatic rings. The van der Waals surface area contributed by atoms with Crippen molar-refractivity contribution in [2.24, 2.45) is 0 Å². The Bertz CT molecular complexity index is 473. The lowest BCUT2D eigenvalue weighted by atomic mass is 10.1. The fourth-order valence-corrected chi connectivity index (χ4v) is 1.95. The summed E-state index contributed by atoms with van der Waals surface area (Å²) in [6, 6.07) is 3.64. The van der Waals surface area contributed by atoms with Crippen LogP contribution in [0.5, 0.6) is 0 Å². The van der Waals surface area contributed by atoms with Crippen LogP contribution in [0.15, 0.2) is 12.1 Å². The summed E-state index contributed by atoms with van der Waals surface area (Å²) in [5.41, 5.74) is 1.54. The average Bonchev–Trinajstić information content (AvgIpc) is 2.43. The number of pyridine rings is 1. The van der Waals surface area contributed by atoms with Crippen molar-refractivity contribution in [1.82, 2.24) is 9.88 Å². The molecule has 1 heterocycles. The van der Waals surface area contributed by atoms with E-state index in [9.17, 15) is 9.90 Å². The summed E-state index contributed by atoms with van der Waals surface area (Å²) in [6.07, 6.45) is 0.172. The van der Waals surface area contributed by atoms with Crippen molar-refractivity contribution in [2.45, 2.75) is 46.1 Å². The molecule has 1 amide bonds. The number of nitrogens with zero attached hydrogens (tertiary/aromatic N) is 2. The van der Waals surface area contributed by atoms with Crippen LogP contribution >= 0.6 is 0 Å². The summed E-state index contributed by atoms with van der Waals surface area (Å²) in [6.45, 7) is 9.14. The van der Waals surface area contributed by atoms with E-state index in [1.165, 1.54) is 0 Å². The molecule has 1 unspecified atom stereocenters. The number of amides is 1. The maximum Gasteiger partial charge on any atom is 0.253 e. The van der Waals surface area contributed by atoms with E-state index in [1.807, 2.05) is 13.0 Å². The zero-order valence-electron chi connectivity index (χ0n) is 13.7. The van der Waals surface area contributed by atoms with Gasteiger partial charge in [0.25, 0.3) is 5.91 Å². The minimum Gasteiger partial charge on any atom is -0.393 e. The van der Waals surface area contributed by atoms with Crippen LogP contribution in [-0.4, -0.2) is 47.1 Å². The Morgan fingerprint density at radius 2 is 2.05 bits per heavy atom. The van der Waals surface area contributed by atoms with Crippen LogP contribution in [0.3, 0.4) is 0 Å². The first-order chi connectivity index (χ1) is 9.85. The maximum absolute atomic E-state index is 12.5. The minimum atomic E-state index is -0.402. The van der Waals surface area contributed by atoms with E-state index >= 15 is 0 Å². The van der Waals surface area contributed by atoms with Gasteiger partial charge in [0.15, 0.2) is 0 Å². The molecule has 0 saturated carbocycles. The molecule has 0 aliphatic heterocycles. The van der Waals surface area contributed by atoms with Gasteiger partial charge in [-0.05, 0) is 38.3 Å². The van der Waals surface area contributed by atoms with Crippen molar-refractivity contribution in [2.75, 3.05) is 25.5 Å². The third-order valence-electron chi connectivity index (χ3n) is 3.27. The van der Waals surface area contributed by atoms with Crippen molar-refractivity contribution < 1.29 is 9.90 Å². The summed E-state index contributed by atoms with van der Waals surface area (Å²) in [7, 11) is 1.76. The number of anilines is 1. The molecule has 1 aromatic heterocycles. The van der Waals surface area contributed by atoms with Gasteiger partial charge < -0.3 is 15.3 Å². The zero-order valence-corrected chi connectivity index (χ0v) is 13.7. The highest BCUT2D eigenvalue weighted by atomic mass is 16.3. The molecule has 5 nitrogen and oxygen atoms in total. The number of hydrogen-bond acceptors (Lipinski definition) is 4. The lowest BCUT2D eigenvalue weighted by molar-refractivity contribution is 0.0768. The van der Waals surface area contributed by atoms with E-state index in [-0.39, 0.29) is 11.8 Å². The second-order valence-corrected chi connectivity index (χ2v) is 5.72. The molecular formula is C16H27N3O2. The van der Waals surface area contributed by atoms with Crippen LogP contribution < -0.4 is 5.32 Å². The number of rotatable bonds is 7. The standard InChI is InChI=1S/C16H27N3O2/c1-6-17-15-10-13(9-14(18-15)11(2)3)16(21)19(5)8-7-12(4)20/h9-12,20H,6-8H2,1-5H3,(H,17,18). The number of aromatic nitrogens is 1. The quantitative estimate of drug-likeness (QED) is 0.810. The lowest BCUT2D eigenvalue weighted by Crippen LogP contribution is -2.29. The fraction of sp³-hybridized carbons (Fsp3) is 0.625. The first-order valence-electron chi connectivity index (χ1n) is 7.54. The lowest BCUT2D eigenvalue weighted by Gasteiger charge is -2.19. The molecule has 0 spiro atoms. The number of aliphatic hydroxyl groups is 1. The molecule has 2 N–H and O–H groups in total. The Labute approximate surface area is 127 Å². The third kappa shape index (κ3) is 5.34. The predicted molar refractivity (Wildman–Crippen MR) is 85.7 cm³/mol. The van der Waals surface area contributed by atoms with Crippen molar-refractivity contribution >= 4 is 11.7 Å². The van der Waals surface area contributed by atoms with E-state index < -0.39 is 6.10 Å². The molecular weight excluding hydrogens is 266 g/mol. The van der Waals surface area contributed by atoms with Crippen LogP contribution in [0.4, 0.5) is 5.82 Å². The Balaban J connectivity index is 2.96. The highest BCUT2D eigenvalue weighted by Crippen LogP contribution is 2.18. The molecule has 21 heavy (non-hydrogen) atoms. The molecule has 0 fully saturated rings. The van der Waals surface area contributed by atoms with Crippen molar-refractivity contribution in [3.05, 3.63) is 23.4 Å². The van der Waals surface area contributed by atoms with Crippen LogP contribution in [-0.2, 0) is 0 Å². The zero-order chi connectivity index (χ0) is 16.0. The van der Waals surface area contributed by atoms with Gasteiger partial charge in [-0.3, -0.25) is 4.79 Å². The number of aliphatic hydroxyl groups excluding tert-OH is 1. The van der Waals surface area contributed by atoms with Crippen LogP contribution in [0.1, 0.15) is 56.1 Å². The van der Waals surface area contributed by atoms with Gasteiger partial charge in [0.2, 0.25) is 0 Å². The number of carbonyl (C=O) groups is 1. The topological polar surface area (TPSA) is 65.5 Å². The van der Waals surface area contributed by atoms with Gasteiger partial charge in [0.05, 0.1) is 6.10 Å². The molecule has 118 valence electrons. The molecule has 0 radical (unpaired) electrons. The molecule has 0 aromatic carbocycles. The highest BCUT2D eigenvalue weighted by Gasteiger charge is 2.15. The van der Waals surface area contributed by atoms with Crippen molar-refractivity contribution in [3.63, 3.8) is 0 Å². The summed E-state index contributed by atoms with van der Waals surface area (Å²) in [5.74, 6) is 0.952. The molecule has 0 aliphatic rings. The van der Waals surface area contributed by atoms with E-state index in [1.54, 1.807) is 24.9 Å². The molecule has 0 bridgehead atoms. The third-order valence-corrected chi connectivity index (χ3v) is 3.27. The van der Waals surface area contributed by atoms with Gasteiger partial charge >= 0.3 is 0 Å². The Morgan fingerprint density at radius 3 is 2.57 bits per heavy atom. The van der Waals surface area contributed by atoms with Gasteiger partial charge in [-0.15, -0.1) is 0 Å². The smallest absolute Gasteiger partial charge is 0.253 e. The van der Waals surface area contributed by atoms with Crippen molar-refractivity contribution in [3.8, 4) is 0 Å². The number of nitrogens with one attached hydrogen (secondary N) is 1. The van der Waals surface area contributed by atoms with Gasteiger partial charge in [0, 0.05) is 31.4 Å². The fourth-order valence-electron chi connectivity index (χ4n) is 1.95. The summed E-state index contributed by atoms with van der Waals surface area (Å²) >= 11 is 0. The molecule has 1 atom stereocenters. The first kappa shape index (κ1) is 17.4. The largest absolute Gasteiger partial charge is 0.393 e. The van der Waals surface area contributed by atoms with Gasteiger partial charge in [-0.1, -0.05) is 13.8 Å². The monoisotopic (exact) mass is 293 g/mol. The average molecular weight is 293 g/mol. The molecule has 5 heteroatoms. The predicted octanol–water partition coefficient (Wildman–Crippen LogP) is 2.48. The normalized spacial score (nSPS) is 12.3. The first-order valence-corrected chi connectivity index (χ1v) is 7.54. The van der Waals surface area contributed by atoms with Gasteiger partial charge in [-0.25, -0.2) is 4.98 Å². The van der Waals surface area contributed by atoms with Gasteiger partial charge in [0.1, 0.15) is 5.82 Å². The number of hydrogen-bond donors (Lipinski definition) is 2. The summed E-state index contributed by atoms with van der Waals surface area (Å²) < 4.78 is 0. The molecule has 0 aliphatic carbocycles. The Morgan fingerprint density at radius 1 is 1.38 bits per heavy atom. The second kappa shape index (κ2) is 7.98. The Kier molecular flexibility index (Phi) is 6.62. The van der Waals surface area contributed by atoms with Crippen LogP contribution in [0.2, 0.25) is 0 Å². The summed E-state index contributed by atoms with van der Waals surface area (Å²) in [4.78, 5) is 18.6. The Hall–Kier alpha value is -1.62. The molecule has 1 rings (SSSR count). The second-order valence-electron chi connectivity index (χ2n) is 5.72. The van der Waals surface area contributed by atoms with Gasteiger partial charge in [-0.2, -0.15) is 0 Å². The van der Waals surface area contributed by atoms with Crippen molar-refractivity contribution in [1.29, 1.82) is 0 Å². The maximum atomic E-state index is 12.5. The minimum absolute atomic E-state index is 0.0425. The number of carbonyl (C=O) groups excluding carboxylic acids is 1. The van der Waals surface area contributed by atoms with Crippen LogP contribution in [0, 0.1) is 0 Å².